The minimum absolute atomic E-state index is 0.115. The third-order valence-electron chi connectivity index (χ3n) is 4.28. The van der Waals surface area contributed by atoms with E-state index in [0.29, 0.717) is 23.3 Å². The van der Waals surface area contributed by atoms with Crippen LogP contribution in [0.25, 0.3) is 0 Å². The van der Waals surface area contributed by atoms with E-state index in [9.17, 15) is 8.78 Å². The summed E-state index contributed by atoms with van der Waals surface area (Å²) in [4.78, 5) is 0. The topological polar surface area (TPSA) is 38.0 Å². The van der Waals surface area contributed by atoms with E-state index in [4.69, 9.17) is 5.84 Å². The maximum absolute atomic E-state index is 13.2. The lowest BCUT2D eigenvalue weighted by atomic mass is 9.97. The van der Waals surface area contributed by atoms with Crippen LogP contribution in [0.1, 0.15) is 30.9 Å². The molecule has 3 atom stereocenters. The highest BCUT2D eigenvalue weighted by Crippen LogP contribution is 2.62. The maximum atomic E-state index is 13.2. The summed E-state index contributed by atoms with van der Waals surface area (Å²) in [6, 6.07) is 3.53. The average molecular weight is 238 g/mol. The van der Waals surface area contributed by atoms with Crippen molar-refractivity contribution in [3.63, 3.8) is 0 Å². The number of rotatable bonds is 3. The summed E-state index contributed by atoms with van der Waals surface area (Å²) >= 11 is 0. The van der Waals surface area contributed by atoms with Crippen LogP contribution < -0.4 is 11.3 Å². The van der Waals surface area contributed by atoms with Crippen molar-refractivity contribution in [2.45, 2.75) is 25.3 Å². The number of halogens is 2. The summed E-state index contributed by atoms with van der Waals surface area (Å²) in [6.45, 7) is 0. The van der Waals surface area contributed by atoms with Crippen molar-refractivity contribution in [2.75, 3.05) is 0 Å². The molecule has 92 valence electrons. The zero-order valence-electron chi connectivity index (χ0n) is 9.50. The minimum Gasteiger partial charge on any atom is -0.271 e. The molecule has 4 heteroatoms. The highest BCUT2D eigenvalue weighted by molar-refractivity contribution is 5.25. The lowest BCUT2D eigenvalue weighted by molar-refractivity contribution is 0.421. The van der Waals surface area contributed by atoms with E-state index in [-0.39, 0.29) is 6.04 Å². The number of benzene rings is 1. The number of hydrazine groups is 1. The fourth-order valence-corrected chi connectivity index (χ4v) is 3.56. The molecule has 3 rings (SSSR count). The van der Waals surface area contributed by atoms with E-state index in [2.05, 4.69) is 5.43 Å². The molecule has 1 aromatic carbocycles. The van der Waals surface area contributed by atoms with Crippen molar-refractivity contribution >= 4 is 0 Å². The first kappa shape index (κ1) is 11.1. The van der Waals surface area contributed by atoms with Gasteiger partial charge < -0.3 is 0 Å². The van der Waals surface area contributed by atoms with E-state index >= 15 is 0 Å². The van der Waals surface area contributed by atoms with Gasteiger partial charge in [-0.1, -0.05) is 6.42 Å². The number of hydrogen-bond donors (Lipinski definition) is 2. The molecule has 0 bridgehead atoms. The quantitative estimate of drug-likeness (QED) is 0.627. The van der Waals surface area contributed by atoms with E-state index in [1.165, 1.54) is 31.4 Å². The van der Waals surface area contributed by atoms with Crippen LogP contribution in [0, 0.1) is 29.4 Å². The molecule has 2 saturated carbocycles. The van der Waals surface area contributed by atoms with Gasteiger partial charge in [0, 0.05) is 12.1 Å². The molecule has 2 aliphatic carbocycles. The van der Waals surface area contributed by atoms with Crippen LogP contribution >= 0.6 is 0 Å². The summed E-state index contributed by atoms with van der Waals surface area (Å²) in [5.41, 5.74) is 3.36. The second kappa shape index (κ2) is 4.03. The summed E-state index contributed by atoms with van der Waals surface area (Å²) in [7, 11) is 0. The number of nitrogens with two attached hydrogens (primary N) is 1. The van der Waals surface area contributed by atoms with Gasteiger partial charge in [0.2, 0.25) is 0 Å². The van der Waals surface area contributed by atoms with Gasteiger partial charge in [-0.3, -0.25) is 11.3 Å². The van der Waals surface area contributed by atoms with Crippen LogP contribution in [-0.4, -0.2) is 0 Å². The number of hydrogen-bond acceptors (Lipinski definition) is 2. The molecular formula is C13H16F2N2. The summed E-state index contributed by atoms with van der Waals surface area (Å²) in [6.07, 6.45) is 3.73. The molecule has 0 spiro atoms. The molecule has 0 heterocycles. The third-order valence-corrected chi connectivity index (χ3v) is 4.28. The van der Waals surface area contributed by atoms with Gasteiger partial charge in [0.1, 0.15) is 11.6 Å². The van der Waals surface area contributed by atoms with Gasteiger partial charge in [-0.2, -0.15) is 0 Å². The molecule has 0 aliphatic heterocycles. The van der Waals surface area contributed by atoms with Crippen LogP contribution in [0.4, 0.5) is 8.78 Å². The molecule has 0 radical (unpaired) electrons. The fraction of sp³-hybridized carbons (Fsp3) is 0.538. The second-order valence-corrected chi connectivity index (χ2v) is 5.18. The molecule has 2 nitrogen and oxygen atoms in total. The second-order valence-electron chi connectivity index (χ2n) is 5.18. The predicted octanol–water partition coefficient (Wildman–Crippen LogP) is 2.52. The Morgan fingerprint density at radius 2 is 1.71 bits per heavy atom. The smallest absolute Gasteiger partial charge is 0.126 e. The van der Waals surface area contributed by atoms with Gasteiger partial charge in [0.15, 0.2) is 0 Å². The Morgan fingerprint density at radius 3 is 2.24 bits per heavy atom. The molecular weight excluding hydrogens is 222 g/mol. The number of fused-ring (bicyclic) bond motifs is 1. The Hall–Kier alpha value is -1.00. The van der Waals surface area contributed by atoms with Crippen molar-refractivity contribution in [3.8, 4) is 0 Å². The first-order chi connectivity index (χ1) is 8.20. The molecule has 3 N–H and O–H groups in total. The Balaban J connectivity index is 1.85. The highest BCUT2D eigenvalue weighted by atomic mass is 19.1. The molecule has 0 aromatic heterocycles. The lowest BCUT2D eigenvalue weighted by Crippen LogP contribution is -2.30. The van der Waals surface area contributed by atoms with Crippen molar-refractivity contribution in [1.29, 1.82) is 0 Å². The third kappa shape index (κ3) is 1.85. The van der Waals surface area contributed by atoms with E-state index < -0.39 is 11.6 Å². The molecule has 1 aromatic rings. The van der Waals surface area contributed by atoms with Gasteiger partial charge in [-0.05, 0) is 48.3 Å². The van der Waals surface area contributed by atoms with Crippen LogP contribution in [0.2, 0.25) is 0 Å². The van der Waals surface area contributed by atoms with Gasteiger partial charge in [0.25, 0.3) is 0 Å². The normalized spacial score (nSPS) is 32.3. The molecule has 0 saturated heterocycles. The zero-order chi connectivity index (χ0) is 12.0. The monoisotopic (exact) mass is 238 g/mol. The van der Waals surface area contributed by atoms with Gasteiger partial charge in [-0.15, -0.1) is 0 Å². The molecule has 2 fully saturated rings. The van der Waals surface area contributed by atoms with Gasteiger partial charge in [0.05, 0.1) is 0 Å². The van der Waals surface area contributed by atoms with Crippen molar-refractivity contribution in [2.24, 2.45) is 23.6 Å². The van der Waals surface area contributed by atoms with E-state index in [1.807, 2.05) is 0 Å². The Morgan fingerprint density at radius 1 is 1.12 bits per heavy atom. The van der Waals surface area contributed by atoms with Crippen molar-refractivity contribution in [3.05, 3.63) is 35.4 Å². The zero-order valence-corrected chi connectivity index (χ0v) is 9.50. The molecule has 3 unspecified atom stereocenters. The van der Waals surface area contributed by atoms with E-state index in [1.54, 1.807) is 0 Å². The highest BCUT2D eigenvalue weighted by Gasteiger charge is 2.55. The standard InChI is InChI=1S/C13H16F2N2/c14-8-4-7(5-9(15)6-8)13(17-16)12-10-2-1-3-11(10)12/h4-6,10-13,17H,1-3,16H2. The SMILES string of the molecule is NNC(c1cc(F)cc(F)c1)C1C2CCCC21. The summed E-state index contributed by atoms with van der Waals surface area (Å²) < 4.78 is 26.4. The largest absolute Gasteiger partial charge is 0.271 e. The summed E-state index contributed by atoms with van der Waals surface area (Å²) in [5.74, 6) is 6.33. The van der Waals surface area contributed by atoms with E-state index in [0.717, 1.165) is 6.07 Å². The Labute approximate surface area is 99.2 Å². The minimum atomic E-state index is -0.536. The average Bonchev–Trinajstić information content (AvgIpc) is 2.73. The van der Waals surface area contributed by atoms with Crippen LogP contribution in [-0.2, 0) is 0 Å². The van der Waals surface area contributed by atoms with Gasteiger partial charge >= 0.3 is 0 Å². The Bertz CT molecular complexity index is 405. The maximum Gasteiger partial charge on any atom is 0.126 e. The Kier molecular flexibility index (Phi) is 2.64. The molecule has 0 amide bonds. The van der Waals surface area contributed by atoms with Crippen LogP contribution in [0.3, 0.4) is 0 Å². The van der Waals surface area contributed by atoms with Crippen molar-refractivity contribution in [1.82, 2.24) is 5.43 Å². The summed E-state index contributed by atoms with van der Waals surface area (Å²) in [5, 5.41) is 0. The number of nitrogens with one attached hydrogen (secondary N) is 1. The lowest BCUT2D eigenvalue weighted by Gasteiger charge is -2.18. The van der Waals surface area contributed by atoms with Crippen molar-refractivity contribution < 1.29 is 8.78 Å². The first-order valence-electron chi connectivity index (χ1n) is 6.13. The van der Waals surface area contributed by atoms with Gasteiger partial charge in [-0.25, -0.2) is 8.78 Å². The fourth-order valence-electron chi connectivity index (χ4n) is 3.56. The molecule has 2 aliphatic rings. The first-order valence-corrected chi connectivity index (χ1v) is 6.13. The molecule has 17 heavy (non-hydrogen) atoms. The predicted molar refractivity (Wildman–Crippen MR) is 60.7 cm³/mol. The van der Waals surface area contributed by atoms with Crippen LogP contribution in [0.5, 0.6) is 0 Å². The van der Waals surface area contributed by atoms with Crippen LogP contribution in [0.15, 0.2) is 18.2 Å².